The minimum Gasteiger partial charge on any atom is -0.256 e. The zero-order chi connectivity index (χ0) is 12.5. The molecule has 0 radical (unpaired) electrons. The summed E-state index contributed by atoms with van der Waals surface area (Å²) in [4.78, 5) is 7.97. The first kappa shape index (κ1) is 10.8. The Balaban J connectivity index is 2.20. The fourth-order valence-corrected chi connectivity index (χ4v) is 1.99. The van der Waals surface area contributed by atoms with Crippen LogP contribution in [0.1, 0.15) is 5.56 Å². The van der Waals surface area contributed by atoms with Gasteiger partial charge in [-0.2, -0.15) is 4.39 Å². The molecule has 0 aliphatic carbocycles. The molecular weight excluding hydrogens is 227 g/mol. The van der Waals surface area contributed by atoms with Crippen LogP contribution < -0.4 is 0 Å². The molecule has 0 saturated carbocycles. The predicted molar refractivity (Wildman–Crippen MR) is 69.7 cm³/mol. The van der Waals surface area contributed by atoms with E-state index in [4.69, 9.17) is 0 Å². The van der Waals surface area contributed by atoms with Crippen LogP contribution in [0.25, 0.3) is 22.0 Å². The summed E-state index contributed by atoms with van der Waals surface area (Å²) in [7, 11) is 0. The Bertz CT molecular complexity index is 723. The SMILES string of the molecule is Cc1ccnc(-c2ccc3c(F)nccc3c2)c1. The highest BCUT2D eigenvalue weighted by atomic mass is 19.1. The third kappa shape index (κ3) is 1.84. The second-order valence-corrected chi connectivity index (χ2v) is 4.26. The highest BCUT2D eigenvalue weighted by molar-refractivity contribution is 5.86. The summed E-state index contributed by atoms with van der Waals surface area (Å²) in [5.41, 5.74) is 3.03. The Hall–Kier alpha value is -2.29. The van der Waals surface area contributed by atoms with Gasteiger partial charge in [0.25, 0.3) is 0 Å². The molecule has 0 unspecified atom stereocenters. The summed E-state index contributed by atoms with van der Waals surface area (Å²) >= 11 is 0. The van der Waals surface area contributed by atoms with Gasteiger partial charge in [-0.3, -0.25) is 4.98 Å². The Labute approximate surface area is 104 Å². The van der Waals surface area contributed by atoms with Crippen molar-refractivity contribution in [2.24, 2.45) is 0 Å². The van der Waals surface area contributed by atoms with Crippen molar-refractivity contribution < 1.29 is 4.39 Å². The number of aromatic nitrogens is 2. The topological polar surface area (TPSA) is 25.8 Å². The highest BCUT2D eigenvalue weighted by Crippen LogP contribution is 2.24. The van der Waals surface area contributed by atoms with E-state index in [0.717, 1.165) is 22.2 Å². The molecule has 0 atom stereocenters. The Morgan fingerprint density at radius 1 is 0.944 bits per heavy atom. The first-order valence-corrected chi connectivity index (χ1v) is 5.71. The quantitative estimate of drug-likeness (QED) is 0.603. The Morgan fingerprint density at radius 3 is 2.61 bits per heavy atom. The zero-order valence-electron chi connectivity index (χ0n) is 9.89. The van der Waals surface area contributed by atoms with Crippen molar-refractivity contribution in [3.05, 3.63) is 60.3 Å². The average molecular weight is 238 g/mol. The fourth-order valence-electron chi connectivity index (χ4n) is 1.99. The second kappa shape index (κ2) is 4.18. The molecule has 2 aromatic heterocycles. The molecule has 18 heavy (non-hydrogen) atoms. The van der Waals surface area contributed by atoms with Crippen molar-refractivity contribution in [3.8, 4) is 11.3 Å². The van der Waals surface area contributed by atoms with Crippen molar-refractivity contribution in [1.82, 2.24) is 9.97 Å². The third-order valence-corrected chi connectivity index (χ3v) is 2.93. The van der Waals surface area contributed by atoms with Crippen molar-refractivity contribution in [2.45, 2.75) is 6.92 Å². The van der Waals surface area contributed by atoms with Crippen LogP contribution >= 0.6 is 0 Å². The summed E-state index contributed by atoms with van der Waals surface area (Å²) in [5, 5.41) is 1.37. The van der Waals surface area contributed by atoms with Crippen LogP contribution in [-0.4, -0.2) is 9.97 Å². The van der Waals surface area contributed by atoms with E-state index in [1.807, 2.05) is 31.2 Å². The molecule has 3 rings (SSSR count). The number of hydrogen-bond donors (Lipinski definition) is 0. The normalized spacial score (nSPS) is 10.8. The number of nitrogens with zero attached hydrogens (tertiary/aromatic N) is 2. The van der Waals surface area contributed by atoms with E-state index in [1.54, 1.807) is 18.3 Å². The van der Waals surface area contributed by atoms with Gasteiger partial charge in [0.2, 0.25) is 5.95 Å². The lowest BCUT2D eigenvalue weighted by Crippen LogP contribution is -1.87. The Morgan fingerprint density at radius 2 is 1.78 bits per heavy atom. The second-order valence-electron chi connectivity index (χ2n) is 4.26. The van der Waals surface area contributed by atoms with Crippen LogP contribution in [0.2, 0.25) is 0 Å². The highest BCUT2D eigenvalue weighted by Gasteiger charge is 2.04. The van der Waals surface area contributed by atoms with E-state index < -0.39 is 5.95 Å². The number of aryl methyl sites for hydroxylation is 1. The molecule has 0 fully saturated rings. The molecule has 0 bridgehead atoms. The van der Waals surface area contributed by atoms with Crippen LogP contribution in [0, 0.1) is 12.9 Å². The first-order chi connectivity index (χ1) is 8.74. The van der Waals surface area contributed by atoms with Gasteiger partial charge in [0, 0.05) is 23.3 Å². The minimum absolute atomic E-state index is 0.434. The van der Waals surface area contributed by atoms with Crippen LogP contribution in [0.3, 0.4) is 0 Å². The standard InChI is InChI=1S/C15H11FN2/c1-10-4-6-17-14(8-10)12-2-3-13-11(9-12)5-7-18-15(13)16/h2-9H,1H3. The zero-order valence-corrected chi connectivity index (χ0v) is 9.89. The fraction of sp³-hybridized carbons (Fsp3) is 0.0667. The number of pyridine rings is 2. The van der Waals surface area contributed by atoms with Gasteiger partial charge in [-0.05, 0) is 48.2 Å². The van der Waals surface area contributed by atoms with Crippen molar-refractivity contribution >= 4 is 10.8 Å². The van der Waals surface area contributed by atoms with Gasteiger partial charge in [0.15, 0.2) is 0 Å². The maximum absolute atomic E-state index is 13.5. The summed E-state index contributed by atoms with van der Waals surface area (Å²) in [6, 6.07) is 11.3. The summed E-state index contributed by atoms with van der Waals surface area (Å²) in [6.45, 7) is 2.02. The van der Waals surface area contributed by atoms with E-state index >= 15 is 0 Å². The first-order valence-electron chi connectivity index (χ1n) is 5.71. The van der Waals surface area contributed by atoms with Crippen LogP contribution in [-0.2, 0) is 0 Å². The van der Waals surface area contributed by atoms with Crippen LogP contribution in [0.4, 0.5) is 4.39 Å². The summed E-state index contributed by atoms with van der Waals surface area (Å²) in [5.74, 6) is -0.434. The minimum atomic E-state index is -0.434. The van der Waals surface area contributed by atoms with Gasteiger partial charge < -0.3 is 0 Å². The molecule has 2 nitrogen and oxygen atoms in total. The molecule has 0 aliphatic heterocycles. The van der Waals surface area contributed by atoms with E-state index in [0.29, 0.717) is 5.39 Å². The average Bonchev–Trinajstić information content (AvgIpc) is 2.39. The maximum Gasteiger partial charge on any atom is 0.220 e. The summed E-state index contributed by atoms with van der Waals surface area (Å²) in [6.07, 6.45) is 3.26. The number of benzene rings is 1. The largest absolute Gasteiger partial charge is 0.256 e. The van der Waals surface area contributed by atoms with E-state index in [-0.39, 0.29) is 0 Å². The number of halogens is 1. The van der Waals surface area contributed by atoms with Gasteiger partial charge in [-0.1, -0.05) is 6.07 Å². The van der Waals surface area contributed by atoms with Crippen LogP contribution in [0.15, 0.2) is 48.8 Å². The molecule has 88 valence electrons. The molecule has 1 aromatic carbocycles. The van der Waals surface area contributed by atoms with Crippen molar-refractivity contribution in [3.63, 3.8) is 0 Å². The molecule has 0 aliphatic rings. The lowest BCUT2D eigenvalue weighted by molar-refractivity contribution is 0.597. The van der Waals surface area contributed by atoms with Gasteiger partial charge in [-0.15, -0.1) is 0 Å². The van der Waals surface area contributed by atoms with Crippen LogP contribution in [0.5, 0.6) is 0 Å². The number of hydrogen-bond acceptors (Lipinski definition) is 2. The maximum atomic E-state index is 13.5. The molecule has 3 heteroatoms. The van der Waals surface area contributed by atoms with Crippen molar-refractivity contribution in [2.75, 3.05) is 0 Å². The summed E-state index contributed by atoms with van der Waals surface area (Å²) < 4.78 is 13.5. The third-order valence-electron chi connectivity index (χ3n) is 2.93. The van der Waals surface area contributed by atoms with E-state index in [9.17, 15) is 4.39 Å². The number of rotatable bonds is 1. The molecule has 0 N–H and O–H groups in total. The van der Waals surface area contributed by atoms with Crippen molar-refractivity contribution in [1.29, 1.82) is 0 Å². The van der Waals surface area contributed by atoms with E-state index in [2.05, 4.69) is 9.97 Å². The number of fused-ring (bicyclic) bond motifs is 1. The molecule has 2 heterocycles. The molecule has 0 saturated heterocycles. The van der Waals surface area contributed by atoms with E-state index in [1.165, 1.54) is 6.20 Å². The van der Waals surface area contributed by atoms with Gasteiger partial charge in [-0.25, -0.2) is 4.98 Å². The lowest BCUT2D eigenvalue weighted by Gasteiger charge is -2.04. The smallest absolute Gasteiger partial charge is 0.220 e. The predicted octanol–water partition coefficient (Wildman–Crippen LogP) is 3.74. The van der Waals surface area contributed by atoms with Gasteiger partial charge in [0.1, 0.15) is 0 Å². The molecule has 3 aromatic rings. The molecule has 0 spiro atoms. The monoisotopic (exact) mass is 238 g/mol. The molecular formula is C15H11FN2. The Kier molecular flexibility index (Phi) is 2.52. The lowest BCUT2D eigenvalue weighted by atomic mass is 10.1. The molecule has 0 amide bonds. The van der Waals surface area contributed by atoms with Gasteiger partial charge >= 0.3 is 0 Å². The van der Waals surface area contributed by atoms with Gasteiger partial charge in [0.05, 0.1) is 5.69 Å².